The Morgan fingerprint density at radius 2 is 1.11 bits per heavy atom. The van der Waals surface area contributed by atoms with Crippen LogP contribution >= 0.6 is 15.2 Å². The quantitative estimate of drug-likeness (QED) is 0.120. The Morgan fingerprint density at radius 1 is 0.649 bits per heavy atom. The molecule has 204 valence electrons. The number of carbonyl (C=O) groups is 2. The molecular formula is C23H34N4O8P2. The van der Waals surface area contributed by atoms with Gasteiger partial charge in [0.1, 0.15) is 0 Å². The lowest BCUT2D eigenvalue weighted by atomic mass is 10.2. The summed E-state index contributed by atoms with van der Waals surface area (Å²) in [5, 5.41) is 11.2. The fourth-order valence-electron chi connectivity index (χ4n) is 3.38. The molecule has 0 aliphatic carbocycles. The predicted molar refractivity (Wildman–Crippen MR) is 141 cm³/mol. The summed E-state index contributed by atoms with van der Waals surface area (Å²) in [4.78, 5) is 59.9. The minimum absolute atomic E-state index is 0.145. The van der Waals surface area contributed by atoms with Crippen molar-refractivity contribution in [1.82, 2.24) is 10.6 Å². The molecule has 0 heterocycles. The topological polar surface area (TPSA) is 197 Å². The number of anilines is 2. The second kappa shape index (κ2) is 15.0. The van der Waals surface area contributed by atoms with Gasteiger partial charge in [0.05, 0.1) is 18.9 Å². The number of nitrogens with one attached hydrogen (secondary N) is 4. The maximum Gasteiger partial charge on any atom is 0.329 e. The molecule has 0 unspecified atom stereocenters. The number of carbonyl (C=O) groups excluding carboxylic acids is 2. The van der Waals surface area contributed by atoms with Crippen LogP contribution in [-0.2, 0) is 26.2 Å². The van der Waals surface area contributed by atoms with E-state index in [-0.39, 0.29) is 30.8 Å². The van der Waals surface area contributed by atoms with E-state index in [9.17, 15) is 18.7 Å². The van der Waals surface area contributed by atoms with Gasteiger partial charge in [-0.25, -0.2) is 4.79 Å². The monoisotopic (exact) mass is 556 g/mol. The van der Waals surface area contributed by atoms with E-state index >= 15 is 0 Å². The Hall–Kier alpha value is -2.56. The highest BCUT2D eigenvalue weighted by atomic mass is 31.2. The number of urea groups is 1. The number of amides is 3. The van der Waals surface area contributed by atoms with Gasteiger partial charge in [-0.15, -0.1) is 0 Å². The first-order valence-corrected chi connectivity index (χ1v) is 15.3. The maximum atomic E-state index is 12.0. The minimum Gasteiger partial charge on any atom is -0.338 e. The van der Waals surface area contributed by atoms with Crippen molar-refractivity contribution in [1.29, 1.82) is 0 Å². The third kappa shape index (κ3) is 14.7. The molecule has 2 aromatic carbocycles. The summed E-state index contributed by atoms with van der Waals surface area (Å²) in [7, 11) is -8.25. The van der Waals surface area contributed by atoms with E-state index in [0.717, 1.165) is 25.7 Å². The van der Waals surface area contributed by atoms with Gasteiger partial charge in [0.2, 0.25) is 5.91 Å². The van der Waals surface area contributed by atoms with Crippen LogP contribution in [0.1, 0.15) is 36.8 Å². The van der Waals surface area contributed by atoms with Crippen molar-refractivity contribution in [3.05, 3.63) is 59.7 Å². The highest BCUT2D eigenvalue weighted by Gasteiger charge is 2.14. The average molecular weight is 556 g/mol. The second-order valence-corrected chi connectivity index (χ2v) is 11.9. The SMILES string of the molecule is O=C(CNCCCCCCNC(=O)Nc1ccc(CP(=O)(O)O)cc1)Nc1ccc(CP(=O)(O)O)cc1. The minimum atomic E-state index is -4.13. The number of hydrogen-bond donors (Lipinski definition) is 8. The van der Waals surface area contributed by atoms with Gasteiger partial charge >= 0.3 is 21.2 Å². The summed E-state index contributed by atoms with van der Waals surface area (Å²) in [5.41, 5.74) is 2.06. The Kier molecular flexibility index (Phi) is 12.4. The molecule has 2 rings (SSSR count). The zero-order valence-electron chi connectivity index (χ0n) is 20.3. The number of rotatable bonds is 15. The molecule has 0 radical (unpaired) electrons. The molecule has 0 aliphatic rings. The average Bonchev–Trinajstić information content (AvgIpc) is 2.78. The van der Waals surface area contributed by atoms with Crippen LogP contribution in [0.3, 0.4) is 0 Å². The first-order valence-electron chi connectivity index (χ1n) is 11.7. The molecule has 3 amide bonds. The van der Waals surface area contributed by atoms with Crippen LogP contribution in [0.5, 0.6) is 0 Å². The summed E-state index contributed by atoms with van der Waals surface area (Å²) < 4.78 is 22.0. The number of unbranched alkanes of at least 4 members (excludes halogenated alkanes) is 3. The lowest BCUT2D eigenvalue weighted by Gasteiger charge is -2.09. The summed E-state index contributed by atoms with van der Waals surface area (Å²) in [6.07, 6.45) is 2.82. The van der Waals surface area contributed by atoms with E-state index in [1.54, 1.807) is 48.5 Å². The molecule has 0 fully saturated rings. The van der Waals surface area contributed by atoms with Gasteiger partial charge in [0.25, 0.3) is 0 Å². The molecule has 12 nitrogen and oxygen atoms in total. The third-order valence-corrected chi connectivity index (χ3v) is 6.63. The van der Waals surface area contributed by atoms with Gasteiger partial charge in [0.15, 0.2) is 0 Å². The van der Waals surface area contributed by atoms with E-state index in [4.69, 9.17) is 19.6 Å². The largest absolute Gasteiger partial charge is 0.338 e. The smallest absolute Gasteiger partial charge is 0.329 e. The van der Waals surface area contributed by atoms with Crippen LogP contribution in [0, 0.1) is 0 Å². The molecular weight excluding hydrogens is 522 g/mol. The van der Waals surface area contributed by atoms with Crippen molar-refractivity contribution in [2.45, 2.75) is 38.0 Å². The second-order valence-electron chi connectivity index (χ2n) is 8.56. The third-order valence-electron chi connectivity index (χ3n) is 5.08. The highest BCUT2D eigenvalue weighted by Crippen LogP contribution is 2.39. The highest BCUT2D eigenvalue weighted by molar-refractivity contribution is 7.51. The molecule has 0 aromatic heterocycles. The lowest BCUT2D eigenvalue weighted by Crippen LogP contribution is -2.29. The predicted octanol–water partition coefficient (Wildman–Crippen LogP) is 2.95. The molecule has 0 saturated carbocycles. The zero-order chi connectivity index (χ0) is 27.3. The fourth-order valence-corrected chi connectivity index (χ4v) is 4.75. The molecule has 0 saturated heterocycles. The van der Waals surface area contributed by atoms with Crippen molar-refractivity contribution in [2.75, 3.05) is 30.3 Å². The first kappa shape index (κ1) is 30.7. The molecule has 0 aliphatic heterocycles. The first-order chi connectivity index (χ1) is 17.4. The zero-order valence-corrected chi connectivity index (χ0v) is 22.1. The molecule has 0 spiro atoms. The van der Waals surface area contributed by atoms with Gasteiger partial charge in [-0.3, -0.25) is 13.9 Å². The molecule has 37 heavy (non-hydrogen) atoms. The van der Waals surface area contributed by atoms with Gasteiger partial charge in [-0.2, -0.15) is 0 Å². The van der Waals surface area contributed by atoms with Crippen molar-refractivity contribution in [3.63, 3.8) is 0 Å². The van der Waals surface area contributed by atoms with Gasteiger partial charge in [-0.1, -0.05) is 37.1 Å². The Morgan fingerprint density at radius 3 is 1.59 bits per heavy atom. The van der Waals surface area contributed by atoms with Crippen LogP contribution in [0.15, 0.2) is 48.5 Å². The van der Waals surface area contributed by atoms with E-state index in [1.165, 1.54) is 0 Å². The molecule has 14 heteroatoms. The van der Waals surface area contributed by atoms with Gasteiger partial charge in [0, 0.05) is 17.9 Å². The van der Waals surface area contributed by atoms with Crippen LogP contribution in [0.4, 0.5) is 16.2 Å². The van der Waals surface area contributed by atoms with E-state index in [1.807, 2.05) is 0 Å². The number of benzene rings is 2. The Bertz CT molecular complexity index is 1010. The van der Waals surface area contributed by atoms with Crippen molar-refractivity contribution < 1.29 is 38.3 Å². The lowest BCUT2D eigenvalue weighted by molar-refractivity contribution is -0.115. The Labute approximate surface area is 215 Å². The van der Waals surface area contributed by atoms with E-state index in [0.29, 0.717) is 35.6 Å². The molecule has 8 N–H and O–H groups in total. The molecule has 0 bridgehead atoms. The van der Waals surface area contributed by atoms with Crippen LogP contribution < -0.4 is 21.3 Å². The van der Waals surface area contributed by atoms with Crippen molar-refractivity contribution >= 4 is 38.5 Å². The van der Waals surface area contributed by atoms with Crippen molar-refractivity contribution in [3.8, 4) is 0 Å². The standard InChI is InChI=1S/C23H34N4O8P2/c28-22(26-20-9-5-18(6-10-20)16-36(30,31)32)15-24-13-3-1-2-4-14-25-23(29)27-21-11-7-19(8-12-21)17-37(33,34)35/h5-12,24H,1-4,13-17H2,(H,26,28)(H2,25,27,29)(H2,30,31,32)(H2,33,34,35). The molecule has 2 aromatic rings. The van der Waals surface area contributed by atoms with E-state index in [2.05, 4.69) is 21.3 Å². The summed E-state index contributed by atoms with van der Waals surface area (Å²) in [6, 6.07) is 12.3. The summed E-state index contributed by atoms with van der Waals surface area (Å²) in [5.74, 6) is -0.214. The van der Waals surface area contributed by atoms with Gasteiger partial charge in [-0.05, 0) is 54.8 Å². The van der Waals surface area contributed by atoms with Crippen LogP contribution in [0.2, 0.25) is 0 Å². The van der Waals surface area contributed by atoms with Crippen LogP contribution in [0.25, 0.3) is 0 Å². The summed E-state index contributed by atoms with van der Waals surface area (Å²) in [6.45, 7) is 1.32. The van der Waals surface area contributed by atoms with Crippen LogP contribution in [-0.4, -0.2) is 51.1 Å². The number of hydrogen-bond acceptors (Lipinski definition) is 5. The summed E-state index contributed by atoms with van der Waals surface area (Å²) >= 11 is 0. The maximum absolute atomic E-state index is 12.0. The van der Waals surface area contributed by atoms with E-state index < -0.39 is 15.2 Å². The molecule has 0 atom stereocenters. The fraction of sp³-hybridized carbons (Fsp3) is 0.391. The Balaban J connectivity index is 1.49. The van der Waals surface area contributed by atoms with Gasteiger partial charge < -0.3 is 40.8 Å². The normalized spacial score (nSPS) is 11.7. The van der Waals surface area contributed by atoms with Crippen molar-refractivity contribution in [2.24, 2.45) is 0 Å².